The largest absolute Gasteiger partial charge is 0.573 e. The average molecular weight is 573 g/mol. The van der Waals surface area contributed by atoms with Crippen LogP contribution < -0.4 is 9.47 Å². The third-order valence-electron chi connectivity index (χ3n) is 4.74. The Morgan fingerprint density at radius 2 is 1.34 bits per heavy atom. The number of rotatable bonds is 11. The fourth-order valence-electron chi connectivity index (χ4n) is 3.25. The Balaban J connectivity index is 2.12. The summed E-state index contributed by atoms with van der Waals surface area (Å²) in [6.07, 6.45) is -26.1. The quantitative estimate of drug-likeness (QED) is 0.156. The first-order chi connectivity index (χ1) is 17.3. The number of halogens is 12. The molecule has 214 valence electrons. The van der Waals surface area contributed by atoms with Crippen LogP contribution in [0.4, 0.5) is 52.7 Å². The molecular formula is C22H19F12NO3. The number of benzene rings is 2. The maximum absolute atomic E-state index is 12.8. The van der Waals surface area contributed by atoms with Gasteiger partial charge in [-0.05, 0) is 48.6 Å². The molecule has 2 aromatic carbocycles. The van der Waals surface area contributed by atoms with Gasteiger partial charge in [-0.25, -0.2) is 0 Å². The van der Waals surface area contributed by atoms with Crippen molar-refractivity contribution in [1.29, 1.82) is 0 Å². The highest BCUT2D eigenvalue weighted by Crippen LogP contribution is 2.34. The molecule has 0 N–H and O–H groups in total. The van der Waals surface area contributed by atoms with Gasteiger partial charge < -0.3 is 9.47 Å². The van der Waals surface area contributed by atoms with Crippen molar-refractivity contribution in [3.63, 3.8) is 0 Å². The third kappa shape index (κ3) is 11.2. The van der Waals surface area contributed by atoms with E-state index in [0.29, 0.717) is 5.56 Å². The van der Waals surface area contributed by atoms with E-state index in [-0.39, 0.29) is 24.2 Å². The summed E-state index contributed by atoms with van der Waals surface area (Å²) >= 11 is 0. The van der Waals surface area contributed by atoms with E-state index in [9.17, 15) is 52.7 Å². The van der Waals surface area contributed by atoms with Crippen LogP contribution in [0, 0.1) is 0 Å². The Hall–Kier alpha value is -2.88. The van der Waals surface area contributed by atoms with E-state index in [0.717, 1.165) is 12.1 Å². The molecule has 0 saturated heterocycles. The summed E-state index contributed by atoms with van der Waals surface area (Å²) in [5.41, 5.74) is 0.613. The van der Waals surface area contributed by atoms with Crippen molar-refractivity contribution < 1.29 is 66.9 Å². The average Bonchev–Trinajstić information content (AvgIpc) is 2.72. The van der Waals surface area contributed by atoms with E-state index in [4.69, 9.17) is 4.74 Å². The molecule has 0 radical (unpaired) electrons. The fraction of sp³-hybridized carbons (Fsp3) is 0.455. The van der Waals surface area contributed by atoms with Crippen LogP contribution in [0.15, 0.2) is 48.5 Å². The molecule has 0 saturated carbocycles. The van der Waals surface area contributed by atoms with Gasteiger partial charge in [0, 0.05) is 13.0 Å². The van der Waals surface area contributed by atoms with E-state index in [1.54, 1.807) is 0 Å². The monoisotopic (exact) mass is 573 g/mol. The Morgan fingerprint density at radius 1 is 0.711 bits per heavy atom. The minimum atomic E-state index is -5.81. The second kappa shape index (κ2) is 12.3. The van der Waals surface area contributed by atoms with Crippen molar-refractivity contribution in [2.75, 3.05) is 6.54 Å². The van der Waals surface area contributed by atoms with Gasteiger partial charge in [0.25, 0.3) is 0 Å². The predicted molar refractivity (Wildman–Crippen MR) is 107 cm³/mol. The molecule has 0 aromatic heterocycles. The van der Waals surface area contributed by atoms with Crippen molar-refractivity contribution in [1.82, 2.24) is 4.90 Å². The van der Waals surface area contributed by atoms with Gasteiger partial charge in [-0.1, -0.05) is 30.3 Å². The fourth-order valence-corrected chi connectivity index (χ4v) is 3.25. The first-order valence-corrected chi connectivity index (χ1v) is 10.6. The summed E-state index contributed by atoms with van der Waals surface area (Å²) in [5, 5.41) is 0. The lowest BCUT2D eigenvalue weighted by Crippen LogP contribution is -2.48. The molecule has 0 spiro atoms. The zero-order valence-electron chi connectivity index (χ0n) is 18.9. The molecule has 0 aliphatic carbocycles. The van der Waals surface area contributed by atoms with Crippen molar-refractivity contribution in [2.45, 2.75) is 57.3 Å². The third-order valence-corrected chi connectivity index (χ3v) is 4.74. The summed E-state index contributed by atoms with van der Waals surface area (Å²) in [4.78, 5) is -1.78. The highest BCUT2D eigenvalue weighted by atomic mass is 19.4. The predicted octanol–water partition coefficient (Wildman–Crippen LogP) is 7.73. The van der Waals surface area contributed by atoms with Gasteiger partial charge in [0.15, 0.2) is 0 Å². The second-order valence-electron chi connectivity index (χ2n) is 7.64. The molecule has 1 atom stereocenters. The van der Waals surface area contributed by atoms with Crippen LogP contribution in [-0.4, -0.2) is 43.1 Å². The van der Waals surface area contributed by atoms with Crippen LogP contribution in [0.2, 0.25) is 0 Å². The van der Waals surface area contributed by atoms with Crippen molar-refractivity contribution in [3.8, 4) is 11.5 Å². The normalized spacial score (nSPS) is 14.0. The van der Waals surface area contributed by atoms with Gasteiger partial charge in [-0.2, -0.15) is 26.3 Å². The van der Waals surface area contributed by atoms with Crippen LogP contribution in [-0.2, 0) is 17.6 Å². The molecule has 16 heteroatoms. The van der Waals surface area contributed by atoms with Crippen LogP contribution in [0.3, 0.4) is 0 Å². The highest BCUT2D eigenvalue weighted by molar-refractivity contribution is 5.35. The molecule has 0 fully saturated rings. The van der Waals surface area contributed by atoms with Gasteiger partial charge in [0.1, 0.15) is 11.5 Å². The number of alkyl halides is 12. The van der Waals surface area contributed by atoms with E-state index in [1.165, 1.54) is 36.4 Å². The maximum Gasteiger partial charge on any atom is 0.573 e. The maximum atomic E-state index is 12.8. The molecule has 2 aromatic rings. The number of hydrogen-bond donors (Lipinski definition) is 0. The molecule has 38 heavy (non-hydrogen) atoms. The van der Waals surface area contributed by atoms with Crippen LogP contribution in [0.1, 0.15) is 24.0 Å². The number of nitrogens with zero attached hydrogens (tertiary/aromatic N) is 1. The Bertz CT molecular complexity index is 1000. The molecule has 0 aliphatic heterocycles. The SMILES string of the molecule is FC(F)(F)Oc1cccc(CCc2ccccc2OC(CCCN(C(F)(F)F)C(F)(F)F)OC(F)(F)F)c1. The molecule has 4 nitrogen and oxygen atoms in total. The standard InChI is InChI=1S/C22H19F12NO3/c23-19(24,25)35(20(26,27)28)12-4-9-18(38-22(32,33)34)36-17-8-2-1-6-15(17)11-10-14-5-3-7-16(13-14)37-21(29,30)31/h1-3,5-8,13,18H,4,9-12H2. The minimum absolute atomic E-state index is 0.0281. The number of ether oxygens (including phenoxy) is 3. The first-order valence-electron chi connectivity index (χ1n) is 10.6. The Labute approximate surface area is 207 Å². The second-order valence-corrected chi connectivity index (χ2v) is 7.64. The molecular weight excluding hydrogens is 554 g/mol. The lowest BCUT2D eigenvalue weighted by molar-refractivity contribution is -0.378. The van der Waals surface area contributed by atoms with E-state index in [2.05, 4.69) is 9.47 Å². The van der Waals surface area contributed by atoms with Gasteiger partial charge in [-0.15, -0.1) is 31.2 Å². The van der Waals surface area contributed by atoms with Crippen LogP contribution in [0.5, 0.6) is 11.5 Å². The number of aryl methyl sites for hydroxylation is 2. The molecule has 0 heterocycles. The summed E-state index contributed by atoms with van der Waals surface area (Å²) in [6.45, 7) is -1.70. The smallest absolute Gasteiger partial charge is 0.464 e. The summed E-state index contributed by atoms with van der Waals surface area (Å²) in [5.74, 6) is -0.710. The molecule has 0 bridgehead atoms. The number of hydrogen-bond acceptors (Lipinski definition) is 4. The van der Waals surface area contributed by atoms with Crippen LogP contribution >= 0.6 is 0 Å². The van der Waals surface area contributed by atoms with Crippen LogP contribution in [0.25, 0.3) is 0 Å². The van der Waals surface area contributed by atoms with Gasteiger partial charge in [0.05, 0.1) is 0 Å². The number of para-hydroxylation sites is 1. The van der Waals surface area contributed by atoms with Crippen molar-refractivity contribution in [3.05, 3.63) is 59.7 Å². The molecule has 0 amide bonds. The van der Waals surface area contributed by atoms with Gasteiger partial charge >= 0.3 is 25.3 Å². The first kappa shape index (κ1) is 31.3. The minimum Gasteiger partial charge on any atom is -0.464 e. The topological polar surface area (TPSA) is 30.9 Å². The molecule has 2 rings (SSSR count). The van der Waals surface area contributed by atoms with Crippen molar-refractivity contribution >= 4 is 0 Å². The Kier molecular flexibility index (Phi) is 10.2. The molecule has 0 aliphatic rings. The highest BCUT2D eigenvalue weighted by Gasteiger charge is 2.53. The lowest BCUT2D eigenvalue weighted by Gasteiger charge is -2.27. The van der Waals surface area contributed by atoms with E-state index >= 15 is 0 Å². The van der Waals surface area contributed by atoms with Gasteiger partial charge in [0.2, 0.25) is 6.29 Å². The van der Waals surface area contributed by atoms with E-state index in [1.807, 2.05) is 0 Å². The Morgan fingerprint density at radius 3 is 1.92 bits per heavy atom. The summed E-state index contributed by atoms with van der Waals surface area (Å²) < 4.78 is 164. The summed E-state index contributed by atoms with van der Waals surface area (Å²) in [7, 11) is 0. The zero-order valence-corrected chi connectivity index (χ0v) is 18.9. The zero-order chi connectivity index (χ0) is 28.8. The van der Waals surface area contributed by atoms with Crippen molar-refractivity contribution in [2.24, 2.45) is 0 Å². The van der Waals surface area contributed by atoms with Gasteiger partial charge in [-0.3, -0.25) is 4.74 Å². The molecule has 1 unspecified atom stereocenters. The lowest BCUT2D eigenvalue weighted by atomic mass is 10.0. The summed E-state index contributed by atoms with van der Waals surface area (Å²) in [6, 6.07) is 10.3. The van der Waals surface area contributed by atoms with E-state index < -0.39 is 61.7 Å².